The maximum atomic E-state index is 5.40. The Morgan fingerprint density at radius 3 is 2.73 bits per heavy atom. The van der Waals surface area contributed by atoms with Gasteiger partial charge in [0.1, 0.15) is 12.1 Å². The molecule has 0 fully saturated rings. The molecule has 1 aromatic carbocycles. The van der Waals surface area contributed by atoms with Crippen molar-refractivity contribution in [3.05, 3.63) is 47.8 Å². The van der Waals surface area contributed by atoms with E-state index in [2.05, 4.69) is 43.6 Å². The third kappa shape index (κ3) is 3.25. The quantitative estimate of drug-likeness (QED) is 0.499. The van der Waals surface area contributed by atoms with Crippen LogP contribution in [-0.4, -0.2) is 31.6 Å². The molecule has 0 saturated carbocycles. The van der Waals surface area contributed by atoms with Gasteiger partial charge in [-0.25, -0.2) is 9.97 Å². The average Bonchev–Trinajstić information content (AvgIpc) is 2.93. The molecule has 4 rings (SSSR count). The number of nitrogens with zero attached hydrogens (tertiary/aromatic N) is 5. The van der Waals surface area contributed by atoms with E-state index < -0.39 is 0 Å². The molecule has 0 saturated heterocycles. The first kappa shape index (κ1) is 20.1. The number of hydrogen-bond donors (Lipinski definition) is 1. The van der Waals surface area contributed by atoms with Gasteiger partial charge in [0.2, 0.25) is 0 Å². The number of fused-ring (bicyclic) bond motifs is 2. The van der Waals surface area contributed by atoms with Crippen molar-refractivity contribution in [2.45, 2.75) is 13.5 Å². The Labute approximate surface area is 168 Å². The molecule has 0 radical (unpaired) electrons. The van der Waals surface area contributed by atoms with E-state index in [1.165, 1.54) is 0 Å². The molecule has 0 amide bonds. The number of pyridine rings is 1. The van der Waals surface area contributed by atoms with Gasteiger partial charge in [-0.05, 0) is 43.4 Å². The van der Waals surface area contributed by atoms with Gasteiger partial charge >= 0.3 is 0 Å². The second-order valence-electron chi connectivity index (χ2n) is 5.53. The van der Waals surface area contributed by atoms with Gasteiger partial charge in [-0.15, -0.1) is 24.8 Å². The number of aromatic amines is 1. The number of nitrogens with one attached hydrogen (secondary N) is 1. The summed E-state index contributed by atoms with van der Waals surface area (Å²) in [5.74, 6) is 0.832. The lowest BCUT2D eigenvalue weighted by Gasteiger charge is -2.19. The number of H-pyrrole nitrogens is 1. The van der Waals surface area contributed by atoms with Crippen LogP contribution >= 0.6 is 37.0 Å². The predicted octanol–water partition coefficient (Wildman–Crippen LogP) is 4.67. The third-order valence-corrected chi connectivity index (χ3v) is 4.50. The predicted molar refractivity (Wildman–Crippen MR) is 113 cm³/mol. The summed E-state index contributed by atoms with van der Waals surface area (Å²) in [6.07, 6.45) is 5.16. The molecule has 0 bridgehead atoms. The maximum Gasteiger partial charge on any atom is 0.178 e. The summed E-state index contributed by atoms with van der Waals surface area (Å²) >= 11 is 5.40. The van der Waals surface area contributed by atoms with Crippen LogP contribution in [0.15, 0.2) is 43.0 Å². The van der Waals surface area contributed by atoms with E-state index in [4.69, 9.17) is 12.2 Å². The molecule has 3 aromatic heterocycles. The Balaban J connectivity index is 0.00000121. The Hall–Kier alpha value is -2.22. The second kappa shape index (κ2) is 7.99. The smallest absolute Gasteiger partial charge is 0.178 e. The van der Waals surface area contributed by atoms with Crippen molar-refractivity contribution >= 4 is 70.5 Å². The zero-order valence-electron chi connectivity index (χ0n) is 14.2. The molecule has 3 heterocycles. The first-order valence-corrected chi connectivity index (χ1v) is 8.11. The number of benzene rings is 1. The van der Waals surface area contributed by atoms with E-state index in [1.54, 1.807) is 12.5 Å². The van der Waals surface area contributed by atoms with Crippen molar-refractivity contribution in [2.75, 3.05) is 11.9 Å². The van der Waals surface area contributed by atoms with Crippen molar-refractivity contribution < 1.29 is 0 Å². The lowest BCUT2D eigenvalue weighted by molar-refractivity contribution is 0.774. The van der Waals surface area contributed by atoms with Gasteiger partial charge in [0.05, 0.1) is 28.4 Å². The van der Waals surface area contributed by atoms with Crippen LogP contribution in [0.3, 0.4) is 0 Å². The zero-order chi connectivity index (χ0) is 16.7. The van der Waals surface area contributed by atoms with Crippen LogP contribution in [0, 0.1) is 4.77 Å². The molecule has 0 atom stereocenters. The molecule has 1 N–H and O–H groups in total. The van der Waals surface area contributed by atoms with E-state index in [9.17, 15) is 0 Å². The van der Waals surface area contributed by atoms with Crippen molar-refractivity contribution in [3.63, 3.8) is 0 Å². The Bertz CT molecular complexity index is 1090. The molecule has 6 nitrogen and oxygen atoms in total. The number of anilines is 2. The maximum absolute atomic E-state index is 5.40. The molecule has 0 unspecified atom stereocenters. The molecule has 0 spiro atoms. The first-order chi connectivity index (χ1) is 11.7. The minimum Gasteiger partial charge on any atom is -0.331 e. The number of aryl methyl sites for hydroxylation is 1. The van der Waals surface area contributed by atoms with Crippen molar-refractivity contribution in [2.24, 2.45) is 0 Å². The van der Waals surface area contributed by atoms with Crippen LogP contribution < -0.4 is 4.90 Å². The molecule has 0 aliphatic heterocycles. The molecular weight excluding hydrogens is 391 g/mol. The highest BCUT2D eigenvalue weighted by molar-refractivity contribution is 7.71. The molecular formula is C17H18Cl2N6S. The van der Waals surface area contributed by atoms with Gasteiger partial charge in [-0.2, -0.15) is 0 Å². The lowest BCUT2D eigenvalue weighted by Crippen LogP contribution is -2.12. The summed E-state index contributed by atoms with van der Waals surface area (Å²) in [6, 6.07) is 8.03. The normalized spacial score (nSPS) is 10.4. The highest BCUT2D eigenvalue weighted by Crippen LogP contribution is 2.30. The highest BCUT2D eigenvalue weighted by Gasteiger charge is 2.13. The van der Waals surface area contributed by atoms with Crippen LogP contribution in [0.5, 0.6) is 0 Å². The van der Waals surface area contributed by atoms with Gasteiger partial charge in [0.15, 0.2) is 4.77 Å². The van der Waals surface area contributed by atoms with Crippen LogP contribution in [-0.2, 0) is 6.54 Å². The van der Waals surface area contributed by atoms with Gasteiger partial charge < -0.3 is 14.5 Å². The molecule has 9 heteroatoms. The van der Waals surface area contributed by atoms with E-state index in [0.717, 1.165) is 44.8 Å². The van der Waals surface area contributed by atoms with E-state index in [1.807, 2.05) is 30.3 Å². The molecule has 0 aliphatic carbocycles. The number of imidazole rings is 1. The molecule has 0 aliphatic rings. The van der Waals surface area contributed by atoms with Gasteiger partial charge in [-0.3, -0.25) is 4.98 Å². The van der Waals surface area contributed by atoms with Crippen molar-refractivity contribution in [3.8, 4) is 0 Å². The fourth-order valence-corrected chi connectivity index (χ4v) is 3.29. The van der Waals surface area contributed by atoms with E-state index in [-0.39, 0.29) is 24.8 Å². The van der Waals surface area contributed by atoms with Crippen molar-refractivity contribution in [1.82, 2.24) is 24.5 Å². The summed E-state index contributed by atoms with van der Waals surface area (Å²) in [5, 5.41) is 0.968. The highest BCUT2D eigenvalue weighted by atomic mass is 35.5. The first-order valence-electron chi connectivity index (χ1n) is 7.70. The fraction of sp³-hybridized carbons (Fsp3) is 0.176. The number of rotatable bonds is 3. The fourth-order valence-electron chi connectivity index (χ4n) is 2.95. The molecule has 4 aromatic rings. The summed E-state index contributed by atoms with van der Waals surface area (Å²) in [5.41, 5.74) is 3.91. The summed E-state index contributed by atoms with van der Waals surface area (Å²) < 4.78 is 2.79. The number of hydrogen-bond acceptors (Lipinski definition) is 5. The minimum atomic E-state index is 0. The van der Waals surface area contributed by atoms with Crippen molar-refractivity contribution in [1.29, 1.82) is 0 Å². The SMILES string of the molecule is CCn1c(=S)[nH]c2cc3c(N(C)c4cccnc4)ncnc3cc21.Cl.Cl. The van der Waals surface area contributed by atoms with E-state index >= 15 is 0 Å². The largest absolute Gasteiger partial charge is 0.331 e. The monoisotopic (exact) mass is 408 g/mol. The average molecular weight is 409 g/mol. The third-order valence-electron chi connectivity index (χ3n) is 4.18. The standard InChI is InChI=1S/C17H16N6S.2ClH/c1-3-23-15-8-13-12(7-14(15)21-17(23)24)16(20-10-19-13)22(2)11-5-4-6-18-9-11;;/h4-10H,3H2,1-2H3,(H,21,24);2*1H. The summed E-state index contributed by atoms with van der Waals surface area (Å²) in [6.45, 7) is 2.90. The van der Waals surface area contributed by atoms with Crippen LogP contribution in [0.4, 0.5) is 11.5 Å². The van der Waals surface area contributed by atoms with Gasteiger partial charge in [0, 0.05) is 25.2 Å². The Morgan fingerprint density at radius 2 is 2.04 bits per heavy atom. The van der Waals surface area contributed by atoms with Crippen LogP contribution in [0.1, 0.15) is 6.92 Å². The molecule has 136 valence electrons. The molecule has 26 heavy (non-hydrogen) atoms. The summed E-state index contributed by atoms with van der Waals surface area (Å²) in [4.78, 5) is 18.4. The van der Waals surface area contributed by atoms with Gasteiger partial charge in [0.25, 0.3) is 0 Å². The number of aromatic nitrogens is 5. The topological polar surface area (TPSA) is 62.6 Å². The zero-order valence-corrected chi connectivity index (χ0v) is 16.7. The van der Waals surface area contributed by atoms with Crippen LogP contribution in [0.2, 0.25) is 0 Å². The van der Waals surface area contributed by atoms with E-state index in [0.29, 0.717) is 0 Å². The Morgan fingerprint density at radius 1 is 1.23 bits per heavy atom. The summed E-state index contributed by atoms with van der Waals surface area (Å²) in [7, 11) is 1.97. The Kier molecular flexibility index (Phi) is 6.17. The lowest BCUT2D eigenvalue weighted by atomic mass is 10.2. The number of halogens is 2. The minimum absolute atomic E-state index is 0. The van der Waals surface area contributed by atoms with Crippen LogP contribution in [0.25, 0.3) is 21.9 Å². The second-order valence-corrected chi connectivity index (χ2v) is 5.92. The van der Waals surface area contributed by atoms with Gasteiger partial charge in [-0.1, -0.05) is 0 Å².